The number of hydrogen-bond acceptors (Lipinski definition) is 4. The first kappa shape index (κ1) is 13.2. The summed E-state index contributed by atoms with van der Waals surface area (Å²) in [5, 5.41) is 13.2. The predicted molar refractivity (Wildman–Crippen MR) is 69.9 cm³/mol. The van der Waals surface area contributed by atoms with Crippen LogP contribution < -0.4 is 10.1 Å². The maximum absolute atomic E-state index is 9.82. The van der Waals surface area contributed by atoms with Gasteiger partial charge in [0.25, 0.3) is 0 Å². The number of nitrogens with one attached hydrogen (secondary N) is 1. The van der Waals surface area contributed by atoms with Gasteiger partial charge in [0.2, 0.25) is 0 Å². The van der Waals surface area contributed by atoms with Gasteiger partial charge in [-0.05, 0) is 31.4 Å². The summed E-state index contributed by atoms with van der Waals surface area (Å²) in [5.41, 5.74) is 0.905. The largest absolute Gasteiger partial charge is 0.507 e. The number of methoxy groups -OCH3 is 1. The smallest absolute Gasteiger partial charge is 0.123 e. The Morgan fingerprint density at radius 1 is 1.39 bits per heavy atom. The molecule has 18 heavy (non-hydrogen) atoms. The molecule has 0 saturated carbocycles. The first-order chi connectivity index (χ1) is 8.79. The van der Waals surface area contributed by atoms with Crippen molar-refractivity contribution < 1.29 is 14.6 Å². The number of hydrogen-bond donors (Lipinski definition) is 2. The van der Waals surface area contributed by atoms with E-state index in [0.29, 0.717) is 18.2 Å². The lowest BCUT2D eigenvalue weighted by Crippen LogP contribution is -2.27. The Hall–Kier alpha value is -1.26. The van der Waals surface area contributed by atoms with Crippen molar-refractivity contribution in [2.45, 2.75) is 19.4 Å². The van der Waals surface area contributed by atoms with Crippen LogP contribution in [0.25, 0.3) is 0 Å². The van der Waals surface area contributed by atoms with Crippen molar-refractivity contribution in [3.8, 4) is 11.5 Å². The Morgan fingerprint density at radius 3 is 2.83 bits per heavy atom. The quantitative estimate of drug-likeness (QED) is 0.839. The van der Waals surface area contributed by atoms with Crippen molar-refractivity contribution in [2.75, 3.05) is 26.9 Å². The summed E-state index contributed by atoms with van der Waals surface area (Å²) in [5.74, 6) is 1.66. The van der Waals surface area contributed by atoms with Crippen LogP contribution in [0.1, 0.15) is 18.4 Å². The number of ether oxygens (including phenoxy) is 2. The van der Waals surface area contributed by atoms with Crippen LogP contribution in [0.15, 0.2) is 18.2 Å². The van der Waals surface area contributed by atoms with Crippen molar-refractivity contribution in [2.24, 2.45) is 5.92 Å². The maximum atomic E-state index is 9.82. The second-order valence-electron chi connectivity index (χ2n) is 4.68. The molecule has 2 N–H and O–H groups in total. The average molecular weight is 251 g/mol. The van der Waals surface area contributed by atoms with Crippen LogP contribution in [0, 0.1) is 5.92 Å². The van der Waals surface area contributed by atoms with Gasteiger partial charge < -0.3 is 19.9 Å². The molecule has 0 unspecified atom stereocenters. The van der Waals surface area contributed by atoms with E-state index in [1.165, 1.54) is 0 Å². The average Bonchev–Trinajstić information content (AvgIpc) is 2.42. The third-order valence-electron chi connectivity index (χ3n) is 3.38. The summed E-state index contributed by atoms with van der Waals surface area (Å²) in [7, 11) is 1.60. The minimum atomic E-state index is 0.286. The van der Waals surface area contributed by atoms with E-state index in [4.69, 9.17) is 9.47 Å². The first-order valence-corrected chi connectivity index (χ1v) is 6.44. The molecule has 0 radical (unpaired) electrons. The first-order valence-electron chi connectivity index (χ1n) is 6.44. The molecule has 4 heteroatoms. The monoisotopic (exact) mass is 251 g/mol. The molecule has 0 aliphatic carbocycles. The van der Waals surface area contributed by atoms with E-state index in [1.54, 1.807) is 13.2 Å². The van der Waals surface area contributed by atoms with Gasteiger partial charge in [0.1, 0.15) is 11.5 Å². The van der Waals surface area contributed by atoms with Crippen molar-refractivity contribution in [1.29, 1.82) is 0 Å². The molecule has 1 aromatic carbocycles. The zero-order valence-corrected chi connectivity index (χ0v) is 10.8. The molecule has 100 valence electrons. The van der Waals surface area contributed by atoms with Crippen LogP contribution in [0.5, 0.6) is 11.5 Å². The molecule has 1 fully saturated rings. The molecule has 1 heterocycles. The molecule has 0 bridgehead atoms. The molecule has 4 nitrogen and oxygen atoms in total. The van der Waals surface area contributed by atoms with Gasteiger partial charge in [-0.3, -0.25) is 0 Å². The van der Waals surface area contributed by atoms with E-state index in [2.05, 4.69) is 5.32 Å². The third kappa shape index (κ3) is 3.62. The Bertz CT molecular complexity index is 375. The van der Waals surface area contributed by atoms with Crippen molar-refractivity contribution in [1.82, 2.24) is 5.32 Å². The molecule has 0 spiro atoms. The lowest BCUT2D eigenvalue weighted by atomic mass is 10.0. The van der Waals surface area contributed by atoms with E-state index >= 15 is 0 Å². The molecule has 0 amide bonds. The van der Waals surface area contributed by atoms with Gasteiger partial charge in [0.05, 0.1) is 7.11 Å². The highest BCUT2D eigenvalue weighted by molar-refractivity contribution is 5.39. The number of aromatic hydroxyl groups is 1. The van der Waals surface area contributed by atoms with E-state index in [9.17, 15) is 5.11 Å². The highest BCUT2D eigenvalue weighted by Gasteiger charge is 2.13. The molecule has 1 aromatic rings. The summed E-state index contributed by atoms with van der Waals surface area (Å²) in [6.45, 7) is 3.42. The highest BCUT2D eigenvalue weighted by Crippen LogP contribution is 2.23. The number of rotatable bonds is 5. The van der Waals surface area contributed by atoms with E-state index in [1.807, 2.05) is 12.1 Å². The van der Waals surface area contributed by atoms with Crippen LogP contribution in [0.3, 0.4) is 0 Å². The molecule has 0 aromatic heterocycles. The topological polar surface area (TPSA) is 50.7 Å². The van der Waals surface area contributed by atoms with Crippen molar-refractivity contribution >= 4 is 0 Å². The maximum Gasteiger partial charge on any atom is 0.123 e. The molecular weight excluding hydrogens is 230 g/mol. The van der Waals surface area contributed by atoms with Gasteiger partial charge in [-0.2, -0.15) is 0 Å². The molecular formula is C14H21NO3. The SMILES string of the molecule is COc1ccc(CNCC2CCOCC2)c(O)c1. The molecule has 1 saturated heterocycles. The van der Waals surface area contributed by atoms with E-state index < -0.39 is 0 Å². The van der Waals surface area contributed by atoms with Gasteiger partial charge in [-0.25, -0.2) is 0 Å². The lowest BCUT2D eigenvalue weighted by Gasteiger charge is -2.22. The summed E-state index contributed by atoms with van der Waals surface area (Å²) >= 11 is 0. The minimum Gasteiger partial charge on any atom is -0.507 e. The normalized spacial score (nSPS) is 16.7. The Labute approximate surface area is 108 Å². The minimum absolute atomic E-state index is 0.286. The third-order valence-corrected chi connectivity index (χ3v) is 3.38. The zero-order valence-electron chi connectivity index (χ0n) is 10.8. The van der Waals surface area contributed by atoms with Crippen LogP contribution in [0.4, 0.5) is 0 Å². The predicted octanol–water partition coefficient (Wildman–Crippen LogP) is 1.92. The summed E-state index contributed by atoms with van der Waals surface area (Å²) < 4.78 is 10.4. The number of phenols is 1. The van der Waals surface area contributed by atoms with Crippen LogP contribution >= 0.6 is 0 Å². The Kier molecular flexibility index (Phi) is 4.84. The van der Waals surface area contributed by atoms with Crippen LogP contribution in [-0.2, 0) is 11.3 Å². The summed E-state index contributed by atoms with van der Waals surface area (Å²) in [4.78, 5) is 0. The highest BCUT2D eigenvalue weighted by atomic mass is 16.5. The van der Waals surface area contributed by atoms with Gasteiger partial charge in [0.15, 0.2) is 0 Å². The number of phenolic OH excluding ortho intramolecular Hbond substituents is 1. The van der Waals surface area contributed by atoms with E-state index in [0.717, 1.165) is 38.2 Å². The molecule has 1 aliphatic heterocycles. The fourth-order valence-corrected chi connectivity index (χ4v) is 2.18. The fraction of sp³-hybridized carbons (Fsp3) is 0.571. The zero-order chi connectivity index (χ0) is 12.8. The van der Waals surface area contributed by atoms with Crippen molar-refractivity contribution in [3.63, 3.8) is 0 Å². The second kappa shape index (κ2) is 6.61. The Morgan fingerprint density at radius 2 is 2.17 bits per heavy atom. The van der Waals surface area contributed by atoms with Crippen molar-refractivity contribution in [3.05, 3.63) is 23.8 Å². The molecule has 0 atom stereocenters. The van der Waals surface area contributed by atoms with Crippen LogP contribution in [0.2, 0.25) is 0 Å². The van der Waals surface area contributed by atoms with E-state index in [-0.39, 0.29) is 5.75 Å². The second-order valence-corrected chi connectivity index (χ2v) is 4.68. The standard InChI is InChI=1S/C14H21NO3/c1-17-13-3-2-12(14(16)8-13)10-15-9-11-4-6-18-7-5-11/h2-3,8,11,15-16H,4-7,9-10H2,1H3. The van der Waals surface area contributed by atoms with Gasteiger partial charge in [0, 0.05) is 31.4 Å². The fourth-order valence-electron chi connectivity index (χ4n) is 2.18. The summed E-state index contributed by atoms with van der Waals surface area (Å²) in [6.07, 6.45) is 2.25. The van der Waals surface area contributed by atoms with Crippen LogP contribution in [-0.4, -0.2) is 32.0 Å². The van der Waals surface area contributed by atoms with Gasteiger partial charge in [-0.1, -0.05) is 6.07 Å². The lowest BCUT2D eigenvalue weighted by molar-refractivity contribution is 0.0662. The summed E-state index contributed by atoms with van der Waals surface area (Å²) in [6, 6.07) is 5.40. The molecule has 1 aliphatic rings. The van der Waals surface area contributed by atoms with Gasteiger partial charge in [-0.15, -0.1) is 0 Å². The van der Waals surface area contributed by atoms with Gasteiger partial charge >= 0.3 is 0 Å². The Balaban J connectivity index is 1.79. The molecule has 2 rings (SSSR count). The number of benzene rings is 1.